The molecule has 0 saturated carbocycles. The number of Topliss-reactive ketones (excluding diaryl/α,β-unsaturated/α-hetero) is 1. The first kappa shape index (κ1) is 24.3. The van der Waals surface area contributed by atoms with Gasteiger partial charge in [0.1, 0.15) is 17.3 Å². The molecule has 33 heavy (non-hydrogen) atoms. The molecule has 1 fully saturated rings. The fourth-order valence-electron chi connectivity index (χ4n) is 3.89. The van der Waals surface area contributed by atoms with E-state index in [4.69, 9.17) is 4.74 Å². The zero-order chi connectivity index (χ0) is 24.3. The van der Waals surface area contributed by atoms with Gasteiger partial charge in [0, 0.05) is 13.1 Å². The third-order valence-electron chi connectivity index (χ3n) is 5.84. The fraction of sp³-hybridized carbons (Fsp3) is 0.385. The Labute approximate surface area is 194 Å². The number of nitrogens with zero attached hydrogens (tertiary/aromatic N) is 2. The molecular formula is C26H32N2O5. The highest BCUT2D eigenvalue weighted by molar-refractivity contribution is 6.46. The number of aromatic hydroxyl groups is 1. The number of likely N-dealkylation sites (N-methyl/N-ethyl adjacent to an activating group) is 1. The van der Waals surface area contributed by atoms with Gasteiger partial charge in [0.25, 0.3) is 11.7 Å². The molecule has 3 rings (SSSR count). The lowest BCUT2D eigenvalue weighted by molar-refractivity contribution is -0.140. The summed E-state index contributed by atoms with van der Waals surface area (Å²) in [7, 11) is 3.77. The minimum atomic E-state index is -0.795. The number of hydrogen-bond donors (Lipinski definition) is 2. The second kappa shape index (κ2) is 10.1. The predicted octanol–water partition coefficient (Wildman–Crippen LogP) is 3.78. The van der Waals surface area contributed by atoms with E-state index in [0.29, 0.717) is 31.0 Å². The number of likely N-dealkylation sites (tertiary alicyclic amines) is 1. The summed E-state index contributed by atoms with van der Waals surface area (Å²) in [5.41, 5.74) is 2.46. The number of phenolic OH excluding ortho intramolecular Hbond substituents is 1. The molecule has 0 bridgehead atoms. The van der Waals surface area contributed by atoms with E-state index in [1.165, 1.54) is 4.90 Å². The van der Waals surface area contributed by atoms with Crippen molar-refractivity contribution < 1.29 is 24.5 Å². The quantitative estimate of drug-likeness (QED) is 0.360. The molecule has 0 spiro atoms. The molecule has 1 amide bonds. The Morgan fingerprint density at radius 1 is 1.12 bits per heavy atom. The second-order valence-corrected chi connectivity index (χ2v) is 8.67. The molecule has 0 aliphatic carbocycles. The molecule has 7 heteroatoms. The number of aryl methyl sites for hydroxylation is 2. The van der Waals surface area contributed by atoms with Crippen LogP contribution in [0.25, 0.3) is 5.76 Å². The number of aliphatic hydroxyl groups excluding tert-OH is 1. The van der Waals surface area contributed by atoms with Crippen LogP contribution in [-0.4, -0.2) is 65.5 Å². The number of phenols is 1. The van der Waals surface area contributed by atoms with Gasteiger partial charge in [-0.15, -0.1) is 0 Å². The van der Waals surface area contributed by atoms with Gasteiger partial charge in [-0.1, -0.05) is 19.1 Å². The van der Waals surface area contributed by atoms with Crippen LogP contribution in [0.5, 0.6) is 11.5 Å². The number of ether oxygens (including phenoxy) is 1. The van der Waals surface area contributed by atoms with Crippen molar-refractivity contribution in [1.82, 2.24) is 9.80 Å². The minimum Gasteiger partial charge on any atom is -0.507 e. The molecule has 2 N–H and O–H groups in total. The van der Waals surface area contributed by atoms with Crippen molar-refractivity contribution in [3.05, 3.63) is 64.2 Å². The van der Waals surface area contributed by atoms with E-state index in [9.17, 15) is 19.8 Å². The zero-order valence-electron chi connectivity index (χ0n) is 19.9. The van der Waals surface area contributed by atoms with Crippen LogP contribution in [0, 0.1) is 13.8 Å². The molecule has 1 aliphatic heterocycles. The molecule has 2 aromatic carbocycles. The van der Waals surface area contributed by atoms with Gasteiger partial charge in [0.05, 0.1) is 23.8 Å². The normalized spacial score (nSPS) is 17.8. The highest BCUT2D eigenvalue weighted by Crippen LogP contribution is 2.41. The number of rotatable bonds is 8. The summed E-state index contributed by atoms with van der Waals surface area (Å²) in [6.45, 7) is 7.10. The monoisotopic (exact) mass is 452 g/mol. The van der Waals surface area contributed by atoms with Gasteiger partial charge in [-0.25, -0.2) is 0 Å². The van der Waals surface area contributed by atoms with Crippen molar-refractivity contribution in [1.29, 1.82) is 0 Å². The Bertz CT molecular complexity index is 1090. The zero-order valence-corrected chi connectivity index (χ0v) is 19.9. The Kier molecular flexibility index (Phi) is 7.43. The highest BCUT2D eigenvalue weighted by atomic mass is 16.5. The van der Waals surface area contributed by atoms with Gasteiger partial charge in [-0.3, -0.25) is 9.59 Å². The summed E-state index contributed by atoms with van der Waals surface area (Å²) in [5.74, 6) is -1.35. The molecule has 0 radical (unpaired) electrons. The molecule has 1 saturated heterocycles. The average Bonchev–Trinajstić information content (AvgIpc) is 3.03. The van der Waals surface area contributed by atoms with Crippen molar-refractivity contribution in [2.45, 2.75) is 33.2 Å². The van der Waals surface area contributed by atoms with Gasteiger partial charge in [-0.2, -0.15) is 0 Å². The van der Waals surface area contributed by atoms with Crippen LogP contribution >= 0.6 is 0 Å². The van der Waals surface area contributed by atoms with Crippen LogP contribution in [0.1, 0.15) is 41.6 Å². The minimum absolute atomic E-state index is 0.0371. The van der Waals surface area contributed by atoms with Crippen molar-refractivity contribution in [2.75, 3.05) is 33.8 Å². The van der Waals surface area contributed by atoms with E-state index in [1.54, 1.807) is 24.3 Å². The van der Waals surface area contributed by atoms with E-state index in [2.05, 4.69) is 0 Å². The number of amides is 1. The molecule has 1 atom stereocenters. The lowest BCUT2D eigenvalue weighted by Crippen LogP contribution is -2.35. The lowest BCUT2D eigenvalue weighted by atomic mass is 9.93. The van der Waals surface area contributed by atoms with Gasteiger partial charge in [-0.05, 0) is 75.3 Å². The van der Waals surface area contributed by atoms with E-state index < -0.39 is 17.7 Å². The van der Waals surface area contributed by atoms with Crippen LogP contribution in [-0.2, 0) is 9.59 Å². The average molecular weight is 453 g/mol. The Morgan fingerprint density at radius 2 is 1.82 bits per heavy atom. The smallest absolute Gasteiger partial charge is 0.295 e. The van der Waals surface area contributed by atoms with Gasteiger partial charge in [0.2, 0.25) is 0 Å². The van der Waals surface area contributed by atoms with Crippen molar-refractivity contribution in [2.24, 2.45) is 0 Å². The second-order valence-electron chi connectivity index (χ2n) is 8.67. The number of hydrogen-bond acceptors (Lipinski definition) is 6. The van der Waals surface area contributed by atoms with Crippen LogP contribution in [0.3, 0.4) is 0 Å². The maximum Gasteiger partial charge on any atom is 0.295 e. The number of aliphatic hydroxyl groups is 1. The van der Waals surface area contributed by atoms with E-state index in [-0.39, 0.29) is 22.6 Å². The first-order chi connectivity index (χ1) is 15.6. The Morgan fingerprint density at radius 3 is 2.48 bits per heavy atom. The van der Waals surface area contributed by atoms with E-state index >= 15 is 0 Å². The first-order valence-corrected chi connectivity index (χ1v) is 11.1. The summed E-state index contributed by atoms with van der Waals surface area (Å²) < 4.78 is 5.76. The van der Waals surface area contributed by atoms with Crippen LogP contribution in [0.2, 0.25) is 0 Å². The molecule has 7 nitrogen and oxygen atoms in total. The standard InChI is InChI=1S/C26H32N2O5/c1-6-12-33-19-9-7-8-18(15-19)23-22(25(31)26(32)28(23)11-10-27(4)5)24(30)20-13-16(2)17(3)14-21(20)29/h7-9,13-15,23,29-30H,6,10-12H2,1-5H3/t23-/m0/s1. The van der Waals surface area contributed by atoms with Crippen molar-refractivity contribution in [3.63, 3.8) is 0 Å². The van der Waals surface area contributed by atoms with Crippen LogP contribution in [0.15, 0.2) is 42.0 Å². The van der Waals surface area contributed by atoms with Gasteiger partial charge in [0.15, 0.2) is 0 Å². The summed E-state index contributed by atoms with van der Waals surface area (Å²) in [4.78, 5) is 29.6. The SMILES string of the molecule is CCCOc1cccc([C@H]2C(=C(O)c3cc(C)c(C)cc3O)C(=O)C(=O)N2CCN(C)C)c1. The molecule has 2 aromatic rings. The third-order valence-corrected chi connectivity index (χ3v) is 5.84. The van der Waals surface area contributed by atoms with E-state index in [0.717, 1.165) is 17.5 Å². The van der Waals surface area contributed by atoms with Crippen LogP contribution in [0.4, 0.5) is 0 Å². The molecule has 0 unspecified atom stereocenters. The van der Waals surface area contributed by atoms with Gasteiger partial charge >= 0.3 is 0 Å². The Balaban J connectivity index is 2.18. The highest BCUT2D eigenvalue weighted by Gasteiger charge is 2.46. The molecule has 1 heterocycles. The maximum atomic E-state index is 13.1. The molecular weight excluding hydrogens is 420 g/mol. The maximum absolute atomic E-state index is 13.1. The summed E-state index contributed by atoms with van der Waals surface area (Å²) in [6, 6.07) is 9.61. The summed E-state index contributed by atoms with van der Waals surface area (Å²) >= 11 is 0. The predicted molar refractivity (Wildman–Crippen MR) is 127 cm³/mol. The number of benzene rings is 2. The number of ketones is 1. The summed E-state index contributed by atoms with van der Waals surface area (Å²) in [6.07, 6.45) is 0.845. The van der Waals surface area contributed by atoms with Crippen LogP contribution < -0.4 is 4.74 Å². The fourth-order valence-corrected chi connectivity index (χ4v) is 3.89. The molecule has 176 valence electrons. The Hall–Kier alpha value is -3.32. The van der Waals surface area contributed by atoms with E-state index in [1.807, 2.05) is 51.9 Å². The largest absolute Gasteiger partial charge is 0.507 e. The number of carbonyl (C=O) groups is 2. The van der Waals surface area contributed by atoms with Crippen molar-refractivity contribution in [3.8, 4) is 11.5 Å². The number of carbonyl (C=O) groups excluding carboxylic acids is 2. The molecule has 1 aliphatic rings. The lowest BCUT2D eigenvalue weighted by Gasteiger charge is -2.27. The molecule has 0 aromatic heterocycles. The topological polar surface area (TPSA) is 90.3 Å². The first-order valence-electron chi connectivity index (χ1n) is 11.1. The third kappa shape index (κ3) is 5.03. The summed E-state index contributed by atoms with van der Waals surface area (Å²) in [5, 5.41) is 21.7. The van der Waals surface area contributed by atoms with Gasteiger partial charge < -0.3 is 24.7 Å². The van der Waals surface area contributed by atoms with Crippen molar-refractivity contribution >= 4 is 17.4 Å².